The predicted octanol–water partition coefficient (Wildman–Crippen LogP) is 6.92. The normalized spacial score (nSPS) is 12.3. The van der Waals surface area contributed by atoms with E-state index in [1.54, 1.807) is 24.3 Å². The first-order chi connectivity index (χ1) is 18.7. The minimum Gasteiger partial charge on any atom is -0.452 e. The number of para-hydroxylation sites is 3. The van der Waals surface area contributed by atoms with Crippen molar-refractivity contribution in [3.8, 4) is 0 Å². The summed E-state index contributed by atoms with van der Waals surface area (Å²) >= 11 is 13.8. The summed E-state index contributed by atoms with van der Waals surface area (Å²) in [6, 6.07) is 21.8. The number of sulfonamides is 1. The molecule has 0 spiro atoms. The Hall–Kier alpha value is -3.57. The quantitative estimate of drug-likeness (QED) is 0.241. The lowest BCUT2D eigenvalue weighted by atomic mass is 10.2. The second-order valence-corrected chi connectivity index (χ2v) is 11.7. The van der Waals surface area contributed by atoms with Gasteiger partial charge in [0.25, 0.3) is 15.9 Å². The van der Waals surface area contributed by atoms with Gasteiger partial charge in [0.15, 0.2) is 6.61 Å². The van der Waals surface area contributed by atoms with Gasteiger partial charge < -0.3 is 4.74 Å². The third-order valence-corrected chi connectivity index (χ3v) is 8.93. The van der Waals surface area contributed by atoms with Crippen LogP contribution in [0.5, 0.6) is 0 Å². The second kappa shape index (κ2) is 10.9. The molecule has 0 atom stereocenters. The van der Waals surface area contributed by atoms with Crippen LogP contribution < -0.4 is 9.62 Å². The molecule has 0 unspecified atom stereocenters. The molecule has 0 radical (unpaired) electrons. The summed E-state index contributed by atoms with van der Waals surface area (Å²) in [7, 11) is -4.42. The van der Waals surface area contributed by atoms with Crippen molar-refractivity contribution in [2.75, 3.05) is 16.2 Å². The molecule has 5 rings (SSSR count). The van der Waals surface area contributed by atoms with Crippen molar-refractivity contribution in [1.82, 2.24) is 0 Å². The summed E-state index contributed by atoms with van der Waals surface area (Å²) in [5.41, 5.74) is 0.634. The molecular weight excluding hydrogens is 586 g/mol. The highest BCUT2D eigenvalue weighted by molar-refractivity contribution is 7.99. The van der Waals surface area contributed by atoms with Crippen LogP contribution in [-0.2, 0) is 19.6 Å². The summed E-state index contributed by atoms with van der Waals surface area (Å²) < 4.78 is 47.3. The number of rotatable bonds is 6. The number of ether oxygens (including phenoxy) is 1. The lowest BCUT2D eigenvalue weighted by molar-refractivity contribution is -0.121. The van der Waals surface area contributed by atoms with Gasteiger partial charge in [0.2, 0.25) is 0 Å². The number of nitrogens with one attached hydrogen (secondary N) is 1. The Labute approximate surface area is 237 Å². The molecule has 0 aliphatic carbocycles. The van der Waals surface area contributed by atoms with Crippen molar-refractivity contribution in [1.29, 1.82) is 0 Å². The maximum absolute atomic E-state index is 14.0. The van der Waals surface area contributed by atoms with E-state index in [0.717, 1.165) is 28.0 Å². The highest BCUT2D eigenvalue weighted by atomic mass is 35.5. The molecular formula is C27H17Cl2FN2O5S2. The van der Waals surface area contributed by atoms with Gasteiger partial charge in [-0.3, -0.25) is 14.4 Å². The van der Waals surface area contributed by atoms with Crippen LogP contribution in [0.15, 0.2) is 99.6 Å². The molecule has 7 nitrogen and oxygen atoms in total. The molecule has 1 amide bonds. The Balaban J connectivity index is 1.39. The zero-order chi connectivity index (χ0) is 27.7. The lowest BCUT2D eigenvalue weighted by Crippen LogP contribution is -2.32. The average molecular weight is 603 g/mol. The number of esters is 1. The summed E-state index contributed by atoms with van der Waals surface area (Å²) in [5, 5.41) is -0.483. The van der Waals surface area contributed by atoms with Crippen LogP contribution in [0, 0.1) is 5.82 Å². The van der Waals surface area contributed by atoms with Crippen LogP contribution in [0.2, 0.25) is 10.0 Å². The fourth-order valence-corrected chi connectivity index (χ4v) is 6.85. The molecule has 1 aliphatic heterocycles. The van der Waals surface area contributed by atoms with Crippen LogP contribution in [-0.4, -0.2) is 26.9 Å². The zero-order valence-corrected chi connectivity index (χ0v) is 22.9. The first-order valence-electron chi connectivity index (χ1n) is 11.3. The van der Waals surface area contributed by atoms with Crippen molar-refractivity contribution in [2.45, 2.75) is 14.7 Å². The zero-order valence-electron chi connectivity index (χ0n) is 19.7. The van der Waals surface area contributed by atoms with Crippen molar-refractivity contribution in [2.24, 2.45) is 0 Å². The van der Waals surface area contributed by atoms with Crippen molar-refractivity contribution < 1.29 is 27.1 Å². The molecule has 1 N–H and O–H groups in total. The van der Waals surface area contributed by atoms with Crippen LogP contribution in [0.3, 0.4) is 0 Å². The maximum atomic E-state index is 14.0. The van der Waals surface area contributed by atoms with E-state index in [1.165, 1.54) is 34.9 Å². The largest absolute Gasteiger partial charge is 0.452 e. The van der Waals surface area contributed by atoms with E-state index in [4.69, 9.17) is 27.9 Å². The van der Waals surface area contributed by atoms with E-state index >= 15 is 0 Å². The lowest BCUT2D eigenvalue weighted by Gasteiger charge is -2.30. The summed E-state index contributed by atoms with van der Waals surface area (Å²) in [6.45, 7) is -0.652. The Bertz CT molecular complexity index is 1690. The maximum Gasteiger partial charge on any atom is 0.340 e. The van der Waals surface area contributed by atoms with Gasteiger partial charge in [-0.1, -0.05) is 71.4 Å². The monoisotopic (exact) mass is 602 g/mol. The number of nitrogens with zero attached hydrogens (tertiary/aromatic N) is 1. The summed E-state index contributed by atoms with van der Waals surface area (Å²) in [4.78, 5) is 28.9. The molecule has 198 valence electrons. The number of carbonyl (C=O) groups excluding carboxylic acids is 2. The molecule has 4 aromatic rings. The molecule has 0 bridgehead atoms. The van der Waals surface area contributed by atoms with E-state index < -0.39 is 39.2 Å². The standard InChI is InChI=1S/C27H17Cl2FN2O5S2/c28-17-14-18(29)25(39(35,36)31-20-8-2-1-7-19(20)30)13-16(17)27(34)37-15-26(33)32-21-9-3-5-11-23(21)38-24-12-6-4-10-22(24)32/h1-14,31H,15H2. The number of anilines is 3. The van der Waals surface area contributed by atoms with E-state index in [-0.39, 0.29) is 21.3 Å². The number of hydrogen-bond donors (Lipinski definition) is 1. The number of hydrogen-bond acceptors (Lipinski definition) is 6. The topological polar surface area (TPSA) is 92.8 Å². The van der Waals surface area contributed by atoms with Crippen molar-refractivity contribution in [3.05, 3.63) is 106 Å². The minimum absolute atomic E-state index is 0.188. The van der Waals surface area contributed by atoms with Gasteiger partial charge in [-0.05, 0) is 48.5 Å². The van der Waals surface area contributed by atoms with Crippen LogP contribution in [0.1, 0.15) is 10.4 Å². The third kappa shape index (κ3) is 5.46. The fraction of sp³-hybridized carbons (Fsp3) is 0.0370. The first-order valence-corrected chi connectivity index (χ1v) is 14.3. The number of amides is 1. The van der Waals surface area contributed by atoms with Crippen LogP contribution >= 0.6 is 35.0 Å². The Morgan fingerprint density at radius 2 is 1.46 bits per heavy atom. The van der Waals surface area contributed by atoms with Gasteiger partial charge in [0.1, 0.15) is 10.7 Å². The fourth-order valence-electron chi connectivity index (χ4n) is 3.88. The number of fused-ring (bicyclic) bond motifs is 2. The Morgan fingerprint density at radius 3 is 2.10 bits per heavy atom. The average Bonchev–Trinajstić information content (AvgIpc) is 2.91. The molecule has 0 aromatic heterocycles. The highest BCUT2D eigenvalue weighted by Gasteiger charge is 2.29. The number of halogens is 3. The number of benzene rings is 4. The molecule has 1 heterocycles. The number of carbonyl (C=O) groups is 2. The van der Waals surface area contributed by atoms with Gasteiger partial charge in [-0.25, -0.2) is 17.6 Å². The molecule has 12 heteroatoms. The smallest absolute Gasteiger partial charge is 0.340 e. The van der Waals surface area contributed by atoms with E-state index in [1.807, 2.05) is 24.3 Å². The van der Waals surface area contributed by atoms with Gasteiger partial charge in [-0.2, -0.15) is 0 Å². The minimum atomic E-state index is -4.42. The molecule has 1 aliphatic rings. The summed E-state index contributed by atoms with van der Waals surface area (Å²) in [6.07, 6.45) is 0. The van der Waals surface area contributed by atoms with Gasteiger partial charge >= 0.3 is 5.97 Å². The van der Waals surface area contributed by atoms with Crippen LogP contribution in [0.4, 0.5) is 21.5 Å². The second-order valence-electron chi connectivity index (χ2n) is 8.19. The van der Waals surface area contributed by atoms with Gasteiger partial charge in [0, 0.05) is 9.79 Å². The van der Waals surface area contributed by atoms with Crippen molar-refractivity contribution >= 4 is 73.9 Å². The molecule has 0 saturated carbocycles. The highest BCUT2D eigenvalue weighted by Crippen LogP contribution is 2.47. The van der Waals surface area contributed by atoms with Gasteiger partial charge in [0.05, 0.1) is 32.7 Å². The molecule has 0 saturated heterocycles. The van der Waals surface area contributed by atoms with Gasteiger partial charge in [-0.15, -0.1) is 0 Å². The van der Waals surface area contributed by atoms with Crippen molar-refractivity contribution in [3.63, 3.8) is 0 Å². The molecule has 0 fully saturated rings. The summed E-state index contributed by atoms with van der Waals surface area (Å²) in [5.74, 6) is -2.37. The first kappa shape index (κ1) is 27.0. The van der Waals surface area contributed by atoms with E-state index in [2.05, 4.69) is 4.72 Å². The molecule has 4 aromatic carbocycles. The van der Waals surface area contributed by atoms with E-state index in [9.17, 15) is 22.4 Å². The SMILES string of the molecule is O=C(OCC(=O)N1c2ccccc2Sc2ccccc21)c1cc(S(=O)(=O)Nc2ccccc2F)c(Cl)cc1Cl. The predicted molar refractivity (Wildman–Crippen MR) is 148 cm³/mol. The van der Waals surface area contributed by atoms with E-state index in [0.29, 0.717) is 11.4 Å². The van der Waals surface area contributed by atoms with Crippen LogP contribution in [0.25, 0.3) is 0 Å². The Morgan fingerprint density at radius 1 is 0.872 bits per heavy atom. The molecule has 39 heavy (non-hydrogen) atoms. The Kier molecular flexibility index (Phi) is 7.55. The third-order valence-electron chi connectivity index (χ3n) is 5.66.